The molecular formula is C97H109N15O16S8. The molecule has 7 aliphatic rings. The molecule has 2 unspecified atom stereocenters. The van der Waals surface area contributed by atoms with Gasteiger partial charge in [0.2, 0.25) is 20.5 Å². The number of rotatable bonds is 26. The molecule has 39 heteroatoms. The van der Waals surface area contributed by atoms with E-state index in [9.17, 15) is 33.7 Å². The molecule has 0 spiro atoms. The molecule has 716 valence electrons. The number of nitrogens with zero attached hydrogens (tertiary/aromatic N) is 13. The number of nitrogens with one attached hydrogen (secondary N) is 2. The number of hydrogen-bond acceptors (Lipinski definition) is 31. The van der Waals surface area contributed by atoms with Crippen molar-refractivity contribution in [1.29, 1.82) is 0 Å². The van der Waals surface area contributed by atoms with Crippen LogP contribution in [0.2, 0.25) is 0 Å². The van der Waals surface area contributed by atoms with Crippen LogP contribution >= 0.6 is 46.1 Å². The van der Waals surface area contributed by atoms with Gasteiger partial charge in [0.05, 0.1) is 87.5 Å². The predicted molar refractivity (Wildman–Crippen MR) is 526 cm³/mol. The number of fused-ring (bicyclic) bond motifs is 4. The Labute approximate surface area is 811 Å². The predicted octanol–water partition coefficient (Wildman–Crippen LogP) is 19.3. The van der Waals surface area contributed by atoms with Gasteiger partial charge in [0, 0.05) is 166 Å². The summed E-state index contributed by atoms with van der Waals surface area (Å²) in [7, 11) is -9.26. The Balaban J connectivity index is 0.000000132. The van der Waals surface area contributed by atoms with E-state index in [2.05, 4.69) is 159 Å². The van der Waals surface area contributed by atoms with E-state index in [-0.39, 0.29) is 78.7 Å². The van der Waals surface area contributed by atoms with Crippen LogP contribution < -0.4 is 55.9 Å². The highest BCUT2D eigenvalue weighted by atomic mass is 32.2. The second kappa shape index (κ2) is 44.3. The van der Waals surface area contributed by atoms with Crippen molar-refractivity contribution in [3.63, 3.8) is 0 Å². The molecule has 0 amide bonds. The average molecular weight is 2000 g/mol. The Morgan fingerprint density at radius 3 is 1.03 bits per heavy atom. The van der Waals surface area contributed by atoms with Gasteiger partial charge < -0.3 is 37.9 Å². The summed E-state index contributed by atoms with van der Waals surface area (Å²) in [5.41, 5.74) is 9.52. The summed E-state index contributed by atoms with van der Waals surface area (Å²) in [6, 6.07) is 64.9. The second-order valence-corrected chi connectivity index (χ2v) is 43.5. The zero-order valence-electron chi connectivity index (χ0n) is 75.1. The Morgan fingerprint density at radius 2 is 0.691 bits per heavy atom. The Kier molecular flexibility index (Phi) is 31.8. The lowest BCUT2D eigenvalue weighted by Crippen LogP contribution is -2.39. The van der Waals surface area contributed by atoms with Crippen molar-refractivity contribution < 1.29 is 71.6 Å². The summed E-state index contributed by atoms with van der Waals surface area (Å²) < 4.78 is 175. The quantitative estimate of drug-likeness (QED) is 0.0508. The SMILES string of the molecule is C.COc1ccc(CN(c2ncns2)S(=O)(=O)c2ccc3c(c2)OCCC3C)c(OC)c1.COc1ccc(CN(c2ncns2)S(=O)(=O)c2ccc3c(c2)OCCC3N2CCCC[C@H]2c2ccccc2)c(OC)c1.O=S(=O)(Nc1ncns1)c1ccc2c(c1)OCC[C@@H]2N1CCCC[C@H]1c1ccccc1.O=S(=O)(Nc1ncns1)c1ccc2c(c1)OCC[C@H]2N1CCCC[C@H]1c1ccccc1. The Bertz CT molecular complexity index is 6450. The Morgan fingerprint density at radius 1 is 0.360 bits per heavy atom. The van der Waals surface area contributed by atoms with E-state index in [0.29, 0.717) is 108 Å². The number of methoxy groups -OCH3 is 4. The molecule has 2 N–H and O–H groups in total. The van der Waals surface area contributed by atoms with Crippen LogP contribution in [0.5, 0.6) is 46.0 Å². The summed E-state index contributed by atoms with van der Waals surface area (Å²) in [6.45, 7) is 7.45. The van der Waals surface area contributed by atoms with Crippen LogP contribution in [0.15, 0.2) is 245 Å². The minimum atomic E-state index is -4.03. The molecule has 0 radical (unpaired) electrons. The normalized spacial score (nSPS) is 19.4. The maximum absolute atomic E-state index is 14.2. The molecule has 0 saturated carbocycles. The molecule has 20 rings (SSSR count). The van der Waals surface area contributed by atoms with Gasteiger partial charge in [-0.25, -0.2) is 62.2 Å². The number of ether oxygens (including phenoxy) is 8. The average Bonchev–Trinajstić information content (AvgIpc) is 1.03. The standard InChI is InChI=1S/C31H34N4O5S2.2C22H24N4O3S2.C21H23N3O5S2.CH4/c1-38-24-12-11-23(29(18-24)39-2)20-35(31-32-21-33-41-31)42(36,37)25-13-14-26-28(15-17-40-30(26)19-25)34-16-7-6-10-27(34)22-8-4-3-5-9-22;2*27-31(28,25-22-23-15-24-30-22)17-9-10-18-20(11-13-29-21(18)14-17)26-12-5-4-8-19(26)16-6-2-1-3-7-16;1-14-8-9-29-20-11-17(6-7-18(14)20)31(25,26)24(21-22-13-23-30-21)12-15-4-5-16(27-2)10-19(15)28-3;/h3-5,8-9,11-14,18-19,21,27-28H,6-7,10,15-17,20H2,1-2H3;2*1-3,6-7,9-10,14-15,19-20H,4-5,8,11-13H2,(H,23,24,25);4-7,10-11,13-14H,8-9,12H2,1-3H3;1H4/t27-,28?;19-,20+;19-,20-;;/m000../s1. The minimum absolute atomic E-state index is 0. The van der Waals surface area contributed by atoms with Crippen LogP contribution in [0.3, 0.4) is 0 Å². The van der Waals surface area contributed by atoms with E-state index < -0.39 is 40.1 Å². The smallest absolute Gasteiger partial charge is 0.266 e. The Hall–Kier alpha value is -11.5. The van der Waals surface area contributed by atoms with E-state index in [4.69, 9.17) is 37.9 Å². The van der Waals surface area contributed by atoms with Gasteiger partial charge in [0.25, 0.3) is 40.1 Å². The molecule has 9 aromatic carbocycles. The van der Waals surface area contributed by atoms with Gasteiger partial charge in [0.15, 0.2) is 0 Å². The first-order valence-corrected chi connectivity index (χ1v) is 53.7. The van der Waals surface area contributed by atoms with E-state index in [0.717, 1.165) is 139 Å². The number of piperidine rings is 3. The first-order valence-electron chi connectivity index (χ1n) is 44.8. The molecule has 11 heterocycles. The molecule has 31 nitrogen and oxygen atoms in total. The van der Waals surface area contributed by atoms with Gasteiger partial charge in [-0.15, -0.1) is 0 Å². The van der Waals surface area contributed by atoms with Crippen molar-refractivity contribution in [3.05, 3.63) is 276 Å². The number of benzene rings is 9. The zero-order valence-corrected chi connectivity index (χ0v) is 81.6. The molecule has 3 saturated heterocycles. The zero-order chi connectivity index (χ0) is 93.6. The molecule has 13 aromatic rings. The highest BCUT2D eigenvalue weighted by Gasteiger charge is 2.41. The molecule has 0 bridgehead atoms. The third-order valence-corrected chi connectivity index (χ3v) is 34.6. The van der Waals surface area contributed by atoms with Crippen molar-refractivity contribution in [2.24, 2.45) is 0 Å². The molecule has 7 aliphatic heterocycles. The second-order valence-electron chi connectivity index (χ2n) is 33.3. The number of anilines is 4. The maximum atomic E-state index is 14.2. The summed E-state index contributed by atoms with van der Waals surface area (Å²) in [5, 5.41) is 1.03. The van der Waals surface area contributed by atoms with Crippen LogP contribution in [0.4, 0.5) is 20.5 Å². The van der Waals surface area contributed by atoms with E-state index in [1.165, 1.54) is 89.8 Å². The highest BCUT2D eigenvalue weighted by Crippen LogP contribution is 2.50. The first-order chi connectivity index (χ1) is 65.7. The van der Waals surface area contributed by atoms with Crippen LogP contribution in [0, 0.1) is 0 Å². The lowest BCUT2D eigenvalue weighted by atomic mass is 9.90. The minimum Gasteiger partial charge on any atom is -0.497 e. The summed E-state index contributed by atoms with van der Waals surface area (Å²) in [4.78, 5) is 24.6. The van der Waals surface area contributed by atoms with Gasteiger partial charge in [0.1, 0.15) is 71.3 Å². The fraction of sp³-hybridized carbons (Fsp3) is 0.361. The summed E-state index contributed by atoms with van der Waals surface area (Å²) in [5.74, 6) is 5.11. The van der Waals surface area contributed by atoms with Crippen LogP contribution in [-0.2, 0) is 53.2 Å². The van der Waals surface area contributed by atoms with E-state index >= 15 is 0 Å². The van der Waals surface area contributed by atoms with Gasteiger partial charge in [-0.3, -0.25) is 24.1 Å². The van der Waals surface area contributed by atoms with Crippen LogP contribution in [0.25, 0.3) is 0 Å². The number of likely N-dealkylation sites (tertiary alicyclic amines) is 3. The van der Waals surface area contributed by atoms with Crippen LogP contribution in [-0.4, -0.2) is 160 Å². The van der Waals surface area contributed by atoms with Gasteiger partial charge in [-0.05, 0) is 141 Å². The van der Waals surface area contributed by atoms with Crippen LogP contribution in [0.1, 0.15) is 190 Å². The van der Waals surface area contributed by atoms with Crippen molar-refractivity contribution in [2.45, 2.75) is 173 Å². The van der Waals surface area contributed by atoms with Gasteiger partial charge >= 0.3 is 0 Å². The lowest BCUT2D eigenvalue weighted by molar-refractivity contribution is 0.0668. The lowest BCUT2D eigenvalue weighted by Gasteiger charge is -2.43. The maximum Gasteiger partial charge on any atom is 0.266 e. The van der Waals surface area contributed by atoms with E-state index in [1.807, 2.05) is 24.3 Å². The van der Waals surface area contributed by atoms with E-state index in [1.54, 1.807) is 106 Å². The fourth-order valence-electron chi connectivity index (χ4n) is 18.7. The molecular weight excluding hydrogens is 1890 g/mol. The third-order valence-electron chi connectivity index (χ3n) is 25.4. The number of sulfonamides is 4. The molecule has 4 aromatic heterocycles. The summed E-state index contributed by atoms with van der Waals surface area (Å²) >= 11 is 4.03. The number of hydrogen-bond donors (Lipinski definition) is 2. The van der Waals surface area contributed by atoms with Crippen molar-refractivity contribution in [2.75, 3.05) is 92.6 Å². The van der Waals surface area contributed by atoms with Gasteiger partial charge in [-0.2, -0.15) is 17.5 Å². The van der Waals surface area contributed by atoms with Crippen molar-refractivity contribution in [1.82, 2.24) is 52.1 Å². The third kappa shape index (κ3) is 22.2. The molecule has 136 heavy (non-hydrogen) atoms. The fourth-order valence-corrected chi connectivity index (χ4v) is 26.4. The molecule has 7 atom stereocenters. The van der Waals surface area contributed by atoms with Crippen molar-refractivity contribution in [3.8, 4) is 46.0 Å². The molecule has 3 fully saturated rings. The van der Waals surface area contributed by atoms with Crippen molar-refractivity contribution >= 4 is 107 Å². The molecule has 0 aliphatic carbocycles. The highest BCUT2D eigenvalue weighted by molar-refractivity contribution is 7.94. The monoisotopic (exact) mass is 2000 g/mol. The first kappa shape index (κ1) is 97.6. The summed E-state index contributed by atoms with van der Waals surface area (Å²) in [6.07, 6.45) is 19.4. The topological polar surface area (TPSA) is 354 Å². The van der Waals surface area contributed by atoms with Gasteiger partial charge in [-0.1, -0.05) is 149 Å². The number of aromatic nitrogens is 8. The largest absolute Gasteiger partial charge is 0.497 e.